The molecule has 0 radical (unpaired) electrons. The summed E-state index contributed by atoms with van der Waals surface area (Å²) in [6.45, 7) is 5.10. The van der Waals surface area contributed by atoms with Crippen LogP contribution in [0.2, 0.25) is 0 Å². The van der Waals surface area contributed by atoms with E-state index in [9.17, 15) is 0 Å². The third kappa shape index (κ3) is 3.62. The molecule has 16 heavy (non-hydrogen) atoms. The smallest absolute Gasteiger partial charge is 0.0952 e. The van der Waals surface area contributed by atoms with Crippen LogP contribution < -0.4 is 5.32 Å². The molecule has 0 heterocycles. The summed E-state index contributed by atoms with van der Waals surface area (Å²) in [7, 11) is 0. The highest BCUT2D eigenvalue weighted by Gasteiger charge is 2.23. The second-order valence-electron chi connectivity index (χ2n) is 4.77. The molecule has 2 nitrogen and oxygen atoms in total. The standard InChI is InChI=1S/C14H21NO/c1-11(2)16-14(10-15-13-8-9-13)12-6-4-3-5-7-12/h3-7,11,13-15H,8-10H2,1-2H3. The number of benzene rings is 1. The van der Waals surface area contributed by atoms with Crippen LogP contribution in [0.5, 0.6) is 0 Å². The van der Waals surface area contributed by atoms with Crippen LogP contribution >= 0.6 is 0 Å². The average molecular weight is 219 g/mol. The van der Waals surface area contributed by atoms with E-state index in [4.69, 9.17) is 4.74 Å². The largest absolute Gasteiger partial charge is 0.370 e. The van der Waals surface area contributed by atoms with Gasteiger partial charge in [-0.3, -0.25) is 0 Å². The third-order valence-corrected chi connectivity index (χ3v) is 2.78. The van der Waals surface area contributed by atoms with E-state index in [0.717, 1.165) is 12.6 Å². The molecule has 0 aliphatic heterocycles. The van der Waals surface area contributed by atoms with Crippen molar-refractivity contribution in [2.75, 3.05) is 6.54 Å². The molecule has 1 saturated carbocycles. The fourth-order valence-electron chi connectivity index (χ4n) is 1.80. The van der Waals surface area contributed by atoms with Gasteiger partial charge in [0, 0.05) is 12.6 Å². The molecule has 0 saturated heterocycles. The maximum Gasteiger partial charge on any atom is 0.0952 e. The average Bonchev–Trinajstić information content (AvgIpc) is 3.09. The predicted octanol–water partition coefficient (Wildman–Crippen LogP) is 2.90. The molecule has 1 N–H and O–H groups in total. The van der Waals surface area contributed by atoms with Gasteiger partial charge in [0.1, 0.15) is 0 Å². The molecule has 1 aliphatic rings. The molecule has 88 valence electrons. The molecule has 1 fully saturated rings. The van der Waals surface area contributed by atoms with Gasteiger partial charge in [0.05, 0.1) is 12.2 Å². The molecule has 0 bridgehead atoms. The maximum atomic E-state index is 5.95. The topological polar surface area (TPSA) is 21.3 Å². The zero-order valence-electron chi connectivity index (χ0n) is 10.1. The van der Waals surface area contributed by atoms with E-state index in [1.54, 1.807) is 0 Å². The number of hydrogen-bond acceptors (Lipinski definition) is 2. The van der Waals surface area contributed by atoms with Crippen molar-refractivity contribution >= 4 is 0 Å². The molecule has 1 aromatic rings. The number of nitrogens with one attached hydrogen (secondary N) is 1. The number of ether oxygens (including phenoxy) is 1. The fraction of sp³-hybridized carbons (Fsp3) is 0.571. The van der Waals surface area contributed by atoms with E-state index >= 15 is 0 Å². The van der Waals surface area contributed by atoms with Gasteiger partial charge in [-0.05, 0) is 32.3 Å². The van der Waals surface area contributed by atoms with Crippen LogP contribution in [0.3, 0.4) is 0 Å². The summed E-state index contributed by atoms with van der Waals surface area (Å²) in [5.41, 5.74) is 1.27. The highest BCUT2D eigenvalue weighted by Crippen LogP contribution is 2.22. The van der Waals surface area contributed by atoms with Gasteiger partial charge in [-0.2, -0.15) is 0 Å². The van der Waals surface area contributed by atoms with Gasteiger partial charge in [0.25, 0.3) is 0 Å². The third-order valence-electron chi connectivity index (χ3n) is 2.78. The van der Waals surface area contributed by atoms with Crippen molar-refractivity contribution in [2.24, 2.45) is 0 Å². The lowest BCUT2D eigenvalue weighted by molar-refractivity contribution is 0.00693. The highest BCUT2D eigenvalue weighted by atomic mass is 16.5. The van der Waals surface area contributed by atoms with Crippen molar-refractivity contribution in [1.29, 1.82) is 0 Å². The van der Waals surface area contributed by atoms with Crippen LogP contribution in [-0.2, 0) is 4.74 Å². The van der Waals surface area contributed by atoms with Crippen molar-refractivity contribution in [1.82, 2.24) is 5.32 Å². The van der Waals surface area contributed by atoms with Gasteiger partial charge in [0.2, 0.25) is 0 Å². The van der Waals surface area contributed by atoms with E-state index in [2.05, 4.69) is 43.4 Å². The predicted molar refractivity (Wildman–Crippen MR) is 66.4 cm³/mol. The van der Waals surface area contributed by atoms with E-state index in [1.165, 1.54) is 18.4 Å². The number of hydrogen-bond donors (Lipinski definition) is 1. The molecule has 0 amide bonds. The lowest BCUT2D eigenvalue weighted by atomic mass is 10.1. The van der Waals surface area contributed by atoms with Crippen molar-refractivity contribution in [3.63, 3.8) is 0 Å². The second kappa shape index (κ2) is 5.46. The van der Waals surface area contributed by atoms with Crippen LogP contribution in [0.25, 0.3) is 0 Å². The Morgan fingerprint density at radius 1 is 1.25 bits per heavy atom. The lowest BCUT2D eigenvalue weighted by Crippen LogP contribution is -2.26. The molecule has 2 heteroatoms. The highest BCUT2D eigenvalue weighted by molar-refractivity contribution is 5.18. The van der Waals surface area contributed by atoms with Crippen LogP contribution in [0.15, 0.2) is 30.3 Å². The summed E-state index contributed by atoms with van der Waals surface area (Å²) in [6, 6.07) is 11.2. The number of rotatable bonds is 6. The Bertz CT molecular complexity index is 306. The van der Waals surface area contributed by atoms with E-state index in [0.29, 0.717) is 0 Å². The summed E-state index contributed by atoms with van der Waals surface area (Å²) in [5, 5.41) is 3.54. The molecule has 1 unspecified atom stereocenters. The van der Waals surface area contributed by atoms with Gasteiger partial charge in [0.15, 0.2) is 0 Å². The summed E-state index contributed by atoms with van der Waals surface area (Å²) >= 11 is 0. The van der Waals surface area contributed by atoms with Gasteiger partial charge >= 0.3 is 0 Å². The SMILES string of the molecule is CC(C)OC(CNC1CC1)c1ccccc1. The van der Waals surface area contributed by atoms with Gasteiger partial charge < -0.3 is 10.1 Å². The summed E-state index contributed by atoms with van der Waals surface area (Å²) < 4.78 is 5.95. The van der Waals surface area contributed by atoms with Crippen molar-refractivity contribution in [3.05, 3.63) is 35.9 Å². The molecule has 1 aliphatic carbocycles. The zero-order valence-corrected chi connectivity index (χ0v) is 10.1. The minimum Gasteiger partial charge on any atom is -0.370 e. The molecule has 2 rings (SSSR count). The van der Waals surface area contributed by atoms with Crippen molar-refractivity contribution < 1.29 is 4.74 Å². The Hall–Kier alpha value is -0.860. The minimum atomic E-state index is 0.182. The Morgan fingerprint density at radius 2 is 1.94 bits per heavy atom. The quantitative estimate of drug-likeness (QED) is 0.794. The minimum absolute atomic E-state index is 0.182. The van der Waals surface area contributed by atoms with E-state index < -0.39 is 0 Å². The fourth-order valence-corrected chi connectivity index (χ4v) is 1.80. The first-order valence-electron chi connectivity index (χ1n) is 6.19. The van der Waals surface area contributed by atoms with Gasteiger partial charge in [-0.25, -0.2) is 0 Å². The molecule has 0 aromatic heterocycles. The van der Waals surface area contributed by atoms with Gasteiger partial charge in [-0.1, -0.05) is 30.3 Å². The molecule has 1 atom stereocenters. The van der Waals surface area contributed by atoms with E-state index in [1.807, 2.05) is 6.07 Å². The Morgan fingerprint density at radius 3 is 2.50 bits per heavy atom. The van der Waals surface area contributed by atoms with Crippen LogP contribution in [0.4, 0.5) is 0 Å². The van der Waals surface area contributed by atoms with Crippen LogP contribution in [0, 0.1) is 0 Å². The zero-order chi connectivity index (χ0) is 11.4. The molecule has 1 aromatic carbocycles. The Kier molecular flexibility index (Phi) is 3.97. The summed E-state index contributed by atoms with van der Waals surface area (Å²) in [5.74, 6) is 0. The molecular formula is C14H21NO. The molecule has 0 spiro atoms. The second-order valence-corrected chi connectivity index (χ2v) is 4.77. The first kappa shape index (κ1) is 11.6. The monoisotopic (exact) mass is 219 g/mol. The molecular weight excluding hydrogens is 198 g/mol. The van der Waals surface area contributed by atoms with E-state index in [-0.39, 0.29) is 12.2 Å². The van der Waals surface area contributed by atoms with Gasteiger partial charge in [-0.15, -0.1) is 0 Å². The Balaban J connectivity index is 1.95. The summed E-state index contributed by atoms with van der Waals surface area (Å²) in [4.78, 5) is 0. The summed E-state index contributed by atoms with van der Waals surface area (Å²) in [6.07, 6.45) is 3.10. The Labute approximate surface area is 98.0 Å². The lowest BCUT2D eigenvalue weighted by Gasteiger charge is -2.21. The maximum absolute atomic E-state index is 5.95. The first-order chi connectivity index (χ1) is 7.75. The normalized spacial score (nSPS) is 17.7. The van der Waals surface area contributed by atoms with Crippen LogP contribution in [0.1, 0.15) is 38.4 Å². The van der Waals surface area contributed by atoms with Crippen molar-refractivity contribution in [3.8, 4) is 0 Å². The first-order valence-corrected chi connectivity index (χ1v) is 6.19. The van der Waals surface area contributed by atoms with Crippen LogP contribution in [-0.4, -0.2) is 18.7 Å². The van der Waals surface area contributed by atoms with Crippen molar-refractivity contribution in [2.45, 2.75) is 44.9 Å².